The van der Waals surface area contributed by atoms with Crippen LogP contribution in [0.1, 0.15) is 54.5 Å². The van der Waals surface area contributed by atoms with E-state index in [1.54, 1.807) is 0 Å². The number of aryl methyl sites for hydroxylation is 3. The van der Waals surface area contributed by atoms with Gasteiger partial charge in [-0.15, -0.1) is 16.7 Å². The quantitative estimate of drug-likeness (QED) is 0.397. The van der Waals surface area contributed by atoms with E-state index in [1.807, 2.05) is 45.4 Å². The third-order valence-corrected chi connectivity index (χ3v) is 5.94. The lowest BCUT2D eigenvalue weighted by Gasteiger charge is -2.26. The van der Waals surface area contributed by atoms with E-state index < -0.39 is 0 Å². The van der Waals surface area contributed by atoms with Gasteiger partial charge >= 0.3 is 5.97 Å². The number of nitrogens with zero attached hydrogens (tertiary/aromatic N) is 3. The molecule has 0 aliphatic carbocycles. The summed E-state index contributed by atoms with van der Waals surface area (Å²) in [7, 11) is 0. The number of hydrogen-bond acceptors (Lipinski definition) is 4. The Morgan fingerprint density at radius 3 is 2.62 bits per heavy atom. The van der Waals surface area contributed by atoms with Gasteiger partial charge in [0.2, 0.25) is 0 Å². The van der Waals surface area contributed by atoms with Crippen molar-refractivity contribution in [1.29, 1.82) is 0 Å². The maximum absolute atomic E-state index is 12.7. The Bertz CT molecular complexity index is 1030. The van der Waals surface area contributed by atoms with Gasteiger partial charge in [-0.3, -0.25) is 4.79 Å². The van der Waals surface area contributed by atoms with E-state index >= 15 is 0 Å². The lowest BCUT2D eigenvalue weighted by Crippen LogP contribution is -2.23. The summed E-state index contributed by atoms with van der Waals surface area (Å²) < 4.78 is 7.24. The molecule has 0 spiro atoms. The molecule has 0 aliphatic heterocycles. The summed E-state index contributed by atoms with van der Waals surface area (Å²) in [6.45, 7) is 11.0. The standard InChI is InChI=1S/C23H28ClN3O2/c1-6-27-20-11-10-19(15(4)22(20)25-26-27)21(16(5)23(28)29-7-2)17-9-8-14(3)18(12-17)13-24/h8-12,16,21H,6-7,13H2,1-5H3/t16?,21-/m1/s1. The number of aromatic nitrogens is 3. The van der Waals surface area contributed by atoms with Gasteiger partial charge in [-0.2, -0.15) is 0 Å². The van der Waals surface area contributed by atoms with Gasteiger partial charge < -0.3 is 4.74 Å². The van der Waals surface area contributed by atoms with E-state index in [2.05, 4.69) is 34.6 Å². The van der Waals surface area contributed by atoms with Crippen LogP contribution >= 0.6 is 11.6 Å². The highest BCUT2D eigenvalue weighted by molar-refractivity contribution is 6.17. The van der Waals surface area contributed by atoms with Crippen LogP contribution in [0, 0.1) is 19.8 Å². The summed E-state index contributed by atoms with van der Waals surface area (Å²) in [4.78, 5) is 12.7. The van der Waals surface area contributed by atoms with Gasteiger partial charge in [-0.05, 0) is 61.6 Å². The average molecular weight is 414 g/mol. The number of carbonyl (C=O) groups is 1. The molecule has 3 aromatic rings. The number of benzene rings is 2. The third-order valence-electron chi connectivity index (χ3n) is 5.65. The van der Waals surface area contributed by atoms with E-state index in [1.165, 1.54) is 0 Å². The molecule has 5 nitrogen and oxygen atoms in total. The van der Waals surface area contributed by atoms with Gasteiger partial charge in [0.25, 0.3) is 0 Å². The molecule has 0 aliphatic rings. The lowest BCUT2D eigenvalue weighted by molar-refractivity contribution is -0.147. The topological polar surface area (TPSA) is 57.0 Å². The molecule has 0 saturated heterocycles. The molecule has 1 unspecified atom stereocenters. The Kier molecular flexibility index (Phi) is 6.58. The minimum Gasteiger partial charge on any atom is -0.466 e. The van der Waals surface area contributed by atoms with Gasteiger partial charge in [0.15, 0.2) is 0 Å². The molecule has 3 rings (SSSR count). The summed E-state index contributed by atoms with van der Waals surface area (Å²) in [6, 6.07) is 10.4. The highest BCUT2D eigenvalue weighted by Crippen LogP contribution is 2.37. The minimum atomic E-state index is -0.349. The van der Waals surface area contributed by atoms with Gasteiger partial charge in [-0.25, -0.2) is 4.68 Å². The molecule has 0 radical (unpaired) electrons. The normalized spacial score (nSPS) is 13.4. The first-order chi connectivity index (χ1) is 13.9. The second-order valence-electron chi connectivity index (χ2n) is 7.39. The molecule has 0 N–H and O–H groups in total. The molecule has 1 aromatic heterocycles. The van der Waals surface area contributed by atoms with Crippen LogP contribution < -0.4 is 0 Å². The maximum Gasteiger partial charge on any atom is 0.309 e. The summed E-state index contributed by atoms with van der Waals surface area (Å²) >= 11 is 6.16. The number of carbonyl (C=O) groups excluding carboxylic acids is 1. The van der Waals surface area contributed by atoms with Gasteiger partial charge in [-0.1, -0.05) is 36.4 Å². The highest BCUT2D eigenvalue weighted by Gasteiger charge is 2.30. The Morgan fingerprint density at radius 2 is 1.97 bits per heavy atom. The largest absolute Gasteiger partial charge is 0.466 e. The van der Waals surface area contributed by atoms with Crippen molar-refractivity contribution < 1.29 is 9.53 Å². The first-order valence-electron chi connectivity index (χ1n) is 10.1. The highest BCUT2D eigenvalue weighted by atomic mass is 35.5. The third kappa shape index (κ3) is 4.01. The number of ether oxygens (including phenoxy) is 1. The fourth-order valence-corrected chi connectivity index (χ4v) is 4.22. The van der Waals surface area contributed by atoms with E-state index in [-0.39, 0.29) is 17.8 Å². The second kappa shape index (κ2) is 8.95. The molecule has 154 valence electrons. The summed E-state index contributed by atoms with van der Waals surface area (Å²) in [6.07, 6.45) is 0. The second-order valence-corrected chi connectivity index (χ2v) is 7.66. The fourth-order valence-electron chi connectivity index (χ4n) is 3.93. The van der Waals surface area contributed by atoms with Crippen molar-refractivity contribution in [2.75, 3.05) is 6.61 Å². The van der Waals surface area contributed by atoms with Crippen molar-refractivity contribution in [2.24, 2.45) is 5.92 Å². The van der Waals surface area contributed by atoms with Crippen LogP contribution in [0.4, 0.5) is 0 Å². The predicted octanol–water partition coefficient (Wildman–Crippen LogP) is 5.14. The monoisotopic (exact) mass is 413 g/mol. The zero-order chi connectivity index (χ0) is 21.1. The number of hydrogen-bond donors (Lipinski definition) is 0. The smallest absolute Gasteiger partial charge is 0.309 e. The Hall–Kier alpha value is -2.40. The van der Waals surface area contributed by atoms with Crippen LogP contribution in [-0.4, -0.2) is 27.6 Å². The SMILES string of the molecule is CCOC(=O)C(C)[C@H](c1ccc(C)c(CCl)c1)c1ccc2c(nnn2CC)c1C. The molecule has 2 atom stereocenters. The molecule has 29 heavy (non-hydrogen) atoms. The number of rotatable bonds is 7. The van der Waals surface area contributed by atoms with Crippen LogP contribution in [-0.2, 0) is 22.0 Å². The number of esters is 1. The fraction of sp³-hybridized carbons (Fsp3) is 0.435. The minimum absolute atomic E-state index is 0.159. The summed E-state index contributed by atoms with van der Waals surface area (Å²) in [5.74, 6) is -0.281. The molecule has 0 saturated carbocycles. The van der Waals surface area contributed by atoms with Crippen molar-refractivity contribution in [1.82, 2.24) is 15.0 Å². The van der Waals surface area contributed by atoms with Crippen molar-refractivity contribution in [3.8, 4) is 0 Å². The Balaban J connectivity index is 2.19. The first-order valence-corrected chi connectivity index (χ1v) is 10.6. The lowest BCUT2D eigenvalue weighted by atomic mass is 9.79. The Morgan fingerprint density at radius 1 is 1.21 bits per heavy atom. The molecule has 2 aromatic carbocycles. The molecule has 1 heterocycles. The molecule has 0 fully saturated rings. The number of halogens is 1. The molecule has 6 heteroatoms. The van der Waals surface area contributed by atoms with Gasteiger partial charge in [0.05, 0.1) is 18.0 Å². The van der Waals surface area contributed by atoms with Crippen LogP contribution in [0.25, 0.3) is 11.0 Å². The molecular weight excluding hydrogens is 386 g/mol. The maximum atomic E-state index is 12.7. The molecule has 0 bridgehead atoms. The van der Waals surface area contributed by atoms with Crippen molar-refractivity contribution in [3.63, 3.8) is 0 Å². The Labute approximate surface area is 177 Å². The van der Waals surface area contributed by atoms with Crippen LogP contribution in [0.5, 0.6) is 0 Å². The van der Waals surface area contributed by atoms with Crippen LogP contribution in [0.3, 0.4) is 0 Å². The van der Waals surface area contributed by atoms with Crippen LogP contribution in [0.15, 0.2) is 30.3 Å². The summed E-state index contributed by atoms with van der Waals surface area (Å²) in [5, 5.41) is 8.64. The molecule has 0 amide bonds. The van der Waals surface area contributed by atoms with Gasteiger partial charge in [0, 0.05) is 18.3 Å². The van der Waals surface area contributed by atoms with Crippen molar-refractivity contribution in [2.45, 2.75) is 53.0 Å². The molecular formula is C23H28ClN3O2. The van der Waals surface area contributed by atoms with Gasteiger partial charge in [0.1, 0.15) is 5.52 Å². The van der Waals surface area contributed by atoms with E-state index in [4.69, 9.17) is 16.3 Å². The van der Waals surface area contributed by atoms with E-state index in [0.717, 1.165) is 45.4 Å². The average Bonchev–Trinajstić information content (AvgIpc) is 3.15. The number of alkyl halides is 1. The zero-order valence-electron chi connectivity index (χ0n) is 17.7. The number of fused-ring (bicyclic) bond motifs is 1. The van der Waals surface area contributed by atoms with Crippen molar-refractivity contribution in [3.05, 3.63) is 58.1 Å². The van der Waals surface area contributed by atoms with E-state index in [0.29, 0.717) is 12.5 Å². The van der Waals surface area contributed by atoms with Crippen molar-refractivity contribution >= 4 is 28.6 Å². The predicted molar refractivity (Wildman–Crippen MR) is 116 cm³/mol. The van der Waals surface area contributed by atoms with Crippen LogP contribution in [0.2, 0.25) is 0 Å². The first kappa shape index (κ1) is 21.3. The van der Waals surface area contributed by atoms with E-state index in [9.17, 15) is 4.79 Å². The zero-order valence-corrected chi connectivity index (χ0v) is 18.5. The summed E-state index contributed by atoms with van der Waals surface area (Å²) in [5.41, 5.74) is 7.24.